The second kappa shape index (κ2) is 10.0. The fourth-order valence-electron chi connectivity index (χ4n) is 5.46. The van der Waals surface area contributed by atoms with Crippen molar-refractivity contribution in [2.45, 2.75) is 43.7 Å². The van der Waals surface area contributed by atoms with E-state index in [1.807, 2.05) is 42.5 Å². The van der Waals surface area contributed by atoms with E-state index >= 15 is 0 Å². The normalized spacial score (nSPS) is 25.1. The van der Waals surface area contributed by atoms with Crippen molar-refractivity contribution >= 4 is 11.6 Å². The number of anilines is 1. The predicted molar refractivity (Wildman–Crippen MR) is 127 cm³/mol. The number of carbonyl (C=O) groups is 1. The Hall–Kier alpha value is -2.77. The Labute approximate surface area is 195 Å². The number of ether oxygens (including phenoxy) is 3. The number of piperidine rings is 1. The van der Waals surface area contributed by atoms with Crippen LogP contribution in [0.2, 0.25) is 0 Å². The highest BCUT2D eigenvalue weighted by Crippen LogP contribution is 2.51. The molecule has 0 bridgehead atoms. The number of carbonyl (C=O) groups excluding carboxylic acids is 1. The third-order valence-corrected chi connectivity index (χ3v) is 7.15. The number of nitrogens with one attached hydrogen (secondary N) is 1. The lowest BCUT2D eigenvalue weighted by atomic mass is 9.66. The molecule has 1 saturated heterocycles. The van der Waals surface area contributed by atoms with E-state index in [1.165, 1.54) is 0 Å². The van der Waals surface area contributed by atoms with Crippen molar-refractivity contribution in [2.75, 3.05) is 39.7 Å². The number of hydrogen-bond donors (Lipinski definition) is 2. The van der Waals surface area contributed by atoms with E-state index in [9.17, 15) is 9.90 Å². The van der Waals surface area contributed by atoms with Crippen molar-refractivity contribution < 1.29 is 24.1 Å². The molecule has 3 atom stereocenters. The first-order chi connectivity index (χ1) is 16.0. The van der Waals surface area contributed by atoms with Gasteiger partial charge in [-0.05, 0) is 49.6 Å². The van der Waals surface area contributed by atoms with Gasteiger partial charge in [-0.2, -0.15) is 0 Å². The van der Waals surface area contributed by atoms with E-state index in [0.29, 0.717) is 18.7 Å². The number of methoxy groups -OCH3 is 3. The van der Waals surface area contributed by atoms with Gasteiger partial charge in [0.2, 0.25) is 5.91 Å². The van der Waals surface area contributed by atoms with E-state index in [-0.39, 0.29) is 24.4 Å². The van der Waals surface area contributed by atoms with Gasteiger partial charge < -0.3 is 24.6 Å². The van der Waals surface area contributed by atoms with Crippen LogP contribution < -0.4 is 19.5 Å². The molecule has 0 radical (unpaired) electrons. The van der Waals surface area contributed by atoms with Crippen molar-refractivity contribution in [3.8, 4) is 17.2 Å². The van der Waals surface area contributed by atoms with Gasteiger partial charge in [-0.1, -0.05) is 18.9 Å². The monoisotopic (exact) mass is 454 g/mol. The Morgan fingerprint density at radius 1 is 1.03 bits per heavy atom. The minimum Gasteiger partial charge on any atom is -0.497 e. The van der Waals surface area contributed by atoms with Crippen LogP contribution in [-0.2, 0) is 4.79 Å². The van der Waals surface area contributed by atoms with Gasteiger partial charge in [-0.25, -0.2) is 0 Å². The molecule has 33 heavy (non-hydrogen) atoms. The molecule has 1 heterocycles. The second-order valence-corrected chi connectivity index (χ2v) is 9.01. The Kier molecular flexibility index (Phi) is 7.10. The van der Waals surface area contributed by atoms with Crippen LogP contribution in [0, 0.1) is 5.92 Å². The molecule has 2 aliphatic rings. The summed E-state index contributed by atoms with van der Waals surface area (Å²) in [4.78, 5) is 15.2. The van der Waals surface area contributed by atoms with E-state index in [2.05, 4.69) is 10.2 Å². The fraction of sp³-hybridized carbons (Fsp3) is 0.500. The second-order valence-electron chi connectivity index (χ2n) is 9.01. The molecule has 7 heteroatoms. The Bertz CT molecular complexity index is 964. The van der Waals surface area contributed by atoms with Crippen LogP contribution in [0.5, 0.6) is 17.2 Å². The van der Waals surface area contributed by atoms with E-state index in [0.717, 1.165) is 48.4 Å². The number of amides is 1. The van der Waals surface area contributed by atoms with Gasteiger partial charge in [0.1, 0.15) is 17.2 Å². The maximum absolute atomic E-state index is 13.0. The first kappa shape index (κ1) is 23.4. The summed E-state index contributed by atoms with van der Waals surface area (Å²) in [7, 11) is 4.89. The minimum absolute atomic E-state index is 0.0380. The predicted octanol–water partition coefficient (Wildman–Crippen LogP) is 4.02. The summed E-state index contributed by atoms with van der Waals surface area (Å²) in [6.07, 6.45) is 4.51. The van der Waals surface area contributed by atoms with Gasteiger partial charge in [-0.3, -0.25) is 9.69 Å². The molecule has 2 aromatic rings. The van der Waals surface area contributed by atoms with E-state index in [1.54, 1.807) is 21.3 Å². The van der Waals surface area contributed by atoms with Gasteiger partial charge in [0.15, 0.2) is 0 Å². The fourth-order valence-corrected chi connectivity index (χ4v) is 5.46. The molecular formula is C26H34N2O5. The van der Waals surface area contributed by atoms with Crippen LogP contribution in [0.4, 0.5) is 5.69 Å². The van der Waals surface area contributed by atoms with E-state index < -0.39 is 5.60 Å². The van der Waals surface area contributed by atoms with Crippen molar-refractivity contribution in [2.24, 2.45) is 5.92 Å². The van der Waals surface area contributed by atoms with Gasteiger partial charge in [-0.15, -0.1) is 0 Å². The standard InChI is InChI=1S/C26H34N2O5/c1-31-19-9-7-18(8-10-19)27-24(29)17-28-15-14-26(30)13-5-4-6-22(26)25(28)21-12-11-20(32-2)16-23(21)33-3/h7-12,16,22,25,30H,4-6,13-15,17H2,1-3H3,(H,27,29)/t22?,25-,26?/m0/s1. The van der Waals surface area contributed by atoms with Gasteiger partial charge in [0, 0.05) is 35.8 Å². The minimum atomic E-state index is -0.711. The van der Waals surface area contributed by atoms with Crippen LogP contribution in [-0.4, -0.2) is 55.9 Å². The highest BCUT2D eigenvalue weighted by atomic mass is 16.5. The zero-order chi connectivity index (χ0) is 23.4. The molecule has 178 valence electrons. The SMILES string of the molecule is COc1ccc(NC(=O)CN2CCC3(O)CCCCC3[C@@H]2c2ccc(OC)cc2OC)cc1. The maximum Gasteiger partial charge on any atom is 0.238 e. The summed E-state index contributed by atoms with van der Waals surface area (Å²) < 4.78 is 16.3. The third-order valence-electron chi connectivity index (χ3n) is 7.15. The number of rotatable bonds is 7. The molecule has 1 amide bonds. The number of aliphatic hydroxyl groups is 1. The maximum atomic E-state index is 13.0. The zero-order valence-corrected chi connectivity index (χ0v) is 19.7. The van der Waals surface area contributed by atoms with Gasteiger partial charge in [0.05, 0.1) is 33.5 Å². The summed E-state index contributed by atoms with van der Waals surface area (Å²) in [5.74, 6) is 2.13. The topological polar surface area (TPSA) is 80.3 Å². The summed E-state index contributed by atoms with van der Waals surface area (Å²) in [5, 5.41) is 14.5. The van der Waals surface area contributed by atoms with Gasteiger partial charge in [0.25, 0.3) is 0 Å². The highest BCUT2D eigenvalue weighted by Gasteiger charge is 2.49. The Morgan fingerprint density at radius 3 is 2.45 bits per heavy atom. The molecule has 2 aromatic carbocycles. The Balaban J connectivity index is 1.60. The van der Waals surface area contributed by atoms with Crippen LogP contribution in [0.3, 0.4) is 0 Å². The largest absolute Gasteiger partial charge is 0.497 e. The van der Waals surface area contributed by atoms with Crippen LogP contribution in [0.25, 0.3) is 0 Å². The number of fused-ring (bicyclic) bond motifs is 1. The average molecular weight is 455 g/mol. The molecule has 7 nitrogen and oxygen atoms in total. The quantitative estimate of drug-likeness (QED) is 0.658. The average Bonchev–Trinajstić information content (AvgIpc) is 2.84. The molecule has 0 aromatic heterocycles. The van der Waals surface area contributed by atoms with E-state index in [4.69, 9.17) is 14.2 Å². The molecule has 1 aliphatic heterocycles. The molecule has 2 fully saturated rings. The lowest BCUT2D eigenvalue weighted by molar-refractivity contribution is -0.135. The Morgan fingerprint density at radius 2 is 1.76 bits per heavy atom. The highest BCUT2D eigenvalue weighted by molar-refractivity contribution is 5.92. The summed E-state index contributed by atoms with van der Waals surface area (Å²) >= 11 is 0. The van der Waals surface area contributed by atoms with Crippen molar-refractivity contribution in [3.05, 3.63) is 48.0 Å². The smallest absolute Gasteiger partial charge is 0.238 e. The van der Waals surface area contributed by atoms with Gasteiger partial charge >= 0.3 is 0 Å². The van der Waals surface area contributed by atoms with Crippen molar-refractivity contribution in [1.82, 2.24) is 4.90 Å². The molecular weight excluding hydrogens is 420 g/mol. The summed E-state index contributed by atoms with van der Waals surface area (Å²) in [6, 6.07) is 13.0. The molecule has 4 rings (SSSR count). The molecule has 2 unspecified atom stereocenters. The number of nitrogens with zero attached hydrogens (tertiary/aromatic N) is 1. The van der Waals surface area contributed by atoms with Crippen LogP contribution in [0.1, 0.15) is 43.7 Å². The number of benzene rings is 2. The summed E-state index contributed by atoms with van der Waals surface area (Å²) in [6.45, 7) is 0.876. The lowest BCUT2D eigenvalue weighted by Gasteiger charge is -2.52. The third kappa shape index (κ3) is 4.94. The number of likely N-dealkylation sites (tertiary alicyclic amines) is 1. The molecule has 1 saturated carbocycles. The number of hydrogen-bond acceptors (Lipinski definition) is 6. The van der Waals surface area contributed by atoms with Crippen molar-refractivity contribution in [3.63, 3.8) is 0 Å². The summed E-state index contributed by atoms with van der Waals surface area (Å²) in [5.41, 5.74) is 1.00. The molecule has 2 N–H and O–H groups in total. The lowest BCUT2D eigenvalue weighted by Crippen LogP contribution is -2.56. The van der Waals surface area contributed by atoms with Crippen LogP contribution >= 0.6 is 0 Å². The van der Waals surface area contributed by atoms with Crippen molar-refractivity contribution in [1.29, 1.82) is 0 Å². The zero-order valence-electron chi connectivity index (χ0n) is 19.7. The molecule has 1 aliphatic carbocycles. The molecule has 0 spiro atoms. The first-order valence-corrected chi connectivity index (χ1v) is 11.6. The van der Waals surface area contributed by atoms with Crippen LogP contribution in [0.15, 0.2) is 42.5 Å². The first-order valence-electron chi connectivity index (χ1n) is 11.6.